The van der Waals surface area contributed by atoms with E-state index in [1.54, 1.807) is 6.33 Å². The first kappa shape index (κ1) is 21.2. The van der Waals surface area contributed by atoms with Gasteiger partial charge in [-0.25, -0.2) is 9.97 Å². The van der Waals surface area contributed by atoms with Gasteiger partial charge in [0.25, 0.3) is 0 Å². The summed E-state index contributed by atoms with van der Waals surface area (Å²) < 4.78 is 1.95. The number of benzene rings is 1. The Hall–Kier alpha value is -2.15. The lowest BCUT2D eigenvalue weighted by atomic mass is 9.79. The number of hydrogen-bond acceptors (Lipinski definition) is 5. The predicted molar refractivity (Wildman–Crippen MR) is 112 cm³/mol. The highest BCUT2D eigenvalue weighted by Gasteiger charge is 2.28. The third-order valence-electron chi connectivity index (χ3n) is 4.63. The molecule has 1 aliphatic carbocycles. The summed E-state index contributed by atoms with van der Waals surface area (Å²) in [6.45, 7) is 1.47. The Labute approximate surface area is 171 Å². The first-order valence-corrected chi connectivity index (χ1v) is 8.63. The molecule has 0 spiro atoms. The Bertz CT molecular complexity index is 833. The minimum Gasteiger partial charge on any atom is -0.366 e. The molecule has 4 rings (SSSR count). The van der Waals surface area contributed by atoms with Gasteiger partial charge in [0.15, 0.2) is 0 Å². The van der Waals surface area contributed by atoms with Crippen molar-refractivity contribution in [2.75, 3.05) is 5.32 Å². The number of aromatic nitrogens is 4. The third kappa shape index (κ3) is 5.42. The average Bonchev–Trinajstić information content (AvgIpc) is 3.06. The van der Waals surface area contributed by atoms with Gasteiger partial charge >= 0.3 is 0 Å². The van der Waals surface area contributed by atoms with Gasteiger partial charge in [-0.15, -0.1) is 24.8 Å². The van der Waals surface area contributed by atoms with Gasteiger partial charge in [0.1, 0.15) is 12.1 Å². The van der Waals surface area contributed by atoms with Gasteiger partial charge in [0, 0.05) is 42.0 Å². The van der Waals surface area contributed by atoms with Crippen LogP contribution in [0.2, 0.25) is 0 Å². The lowest BCUT2D eigenvalue weighted by Gasteiger charge is -2.31. The number of hydrogen-bond donors (Lipinski definition) is 2. The molecule has 1 aromatic carbocycles. The molecule has 0 radical (unpaired) electrons. The summed E-state index contributed by atoms with van der Waals surface area (Å²) in [5, 5.41) is 7.79. The van der Waals surface area contributed by atoms with E-state index >= 15 is 0 Å². The second-order valence-corrected chi connectivity index (χ2v) is 6.64. The number of nitrogens with zero attached hydrogens (tertiary/aromatic N) is 4. The molecule has 1 fully saturated rings. The van der Waals surface area contributed by atoms with Crippen molar-refractivity contribution in [3.63, 3.8) is 0 Å². The van der Waals surface area contributed by atoms with Gasteiger partial charge in [-0.05, 0) is 18.4 Å². The zero-order chi connectivity index (χ0) is 17.1. The fraction of sp³-hybridized carbons (Fsp3) is 0.316. The zero-order valence-corrected chi connectivity index (χ0v) is 16.5. The van der Waals surface area contributed by atoms with Crippen molar-refractivity contribution in [1.29, 1.82) is 0 Å². The number of nitrogens with one attached hydrogen (secondary N) is 1. The van der Waals surface area contributed by atoms with Gasteiger partial charge in [-0.1, -0.05) is 30.3 Å². The molecule has 0 bridgehead atoms. The third-order valence-corrected chi connectivity index (χ3v) is 4.63. The lowest BCUT2D eigenvalue weighted by molar-refractivity contribution is 0.345. The summed E-state index contributed by atoms with van der Waals surface area (Å²) >= 11 is 0. The molecular weight excluding hydrogens is 383 g/mol. The van der Waals surface area contributed by atoms with Crippen molar-refractivity contribution in [2.45, 2.75) is 37.9 Å². The van der Waals surface area contributed by atoms with Crippen LogP contribution in [-0.2, 0) is 13.1 Å². The summed E-state index contributed by atoms with van der Waals surface area (Å²) in [6.07, 6.45) is 7.61. The first-order valence-electron chi connectivity index (χ1n) is 8.63. The van der Waals surface area contributed by atoms with Crippen molar-refractivity contribution in [3.05, 3.63) is 71.9 Å². The minimum atomic E-state index is 0. The highest BCUT2D eigenvalue weighted by Crippen LogP contribution is 2.34. The van der Waals surface area contributed by atoms with E-state index in [1.807, 2.05) is 35.1 Å². The van der Waals surface area contributed by atoms with E-state index in [9.17, 15) is 0 Å². The Balaban J connectivity index is 0.00000131. The quantitative estimate of drug-likeness (QED) is 0.655. The van der Waals surface area contributed by atoms with Crippen molar-refractivity contribution in [1.82, 2.24) is 19.7 Å². The average molecular weight is 407 g/mol. The number of nitrogens with two attached hydrogens (primary N) is 1. The van der Waals surface area contributed by atoms with Crippen LogP contribution in [0.15, 0.2) is 55.1 Å². The van der Waals surface area contributed by atoms with Crippen LogP contribution in [-0.4, -0.2) is 25.8 Å². The van der Waals surface area contributed by atoms with E-state index in [4.69, 9.17) is 5.73 Å². The second-order valence-electron chi connectivity index (χ2n) is 6.64. The van der Waals surface area contributed by atoms with Crippen LogP contribution in [0.3, 0.4) is 0 Å². The van der Waals surface area contributed by atoms with Crippen LogP contribution in [0.4, 0.5) is 5.82 Å². The van der Waals surface area contributed by atoms with E-state index in [2.05, 4.69) is 38.7 Å². The molecule has 3 aromatic rings. The second kappa shape index (κ2) is 9.69. The summed E-state index contributed by atoms with van der Waals surface area (Å²) in [7, 11) is 0. The SMILES string of the molecule is Cl.Cl.NC1CC(c2cc(NCc3cnn(Cc4ccccc4)c3)ncn2)C1. The topological polar surface area (TPSA) is 81.6 Å². The van der Waals surface area contributed by atoms with E-state index in [-0.39, 0.29) is 24.8 Å². The molecule has 2 heterocycles. The van der Waals surface area contributed by atoms with Crippen molar-refractivity contribution >= 4 is 30.6 Å². The first-order chi connectivity index (χ1) is 12.3. The fourth-order valence-corrected chi connectivity index (χ4v) is 3.14. The van der Waals surface area contributed by atoms with E-state index in [1.165, 1.54) is 5.56 Å². The molecule has 1 saturated carbocycles. The van der Waals surface area contributed by atoms with Gasteiger partial charge in [0.05, 0.1) is 12.7 Å². The Morgan fingerprint density at radius 2 is 1.85 bits per heavy atom. The summed E-state index contributed by atoms with van der Waals surface area (Å²) in [6, 6.07) is 12.7. The van der Waals surface area contributed by atoms with Crippen molar-refractivity contribution < 1.29 is 0 Å². The molecule has 8 heteroatoms. The largest absolute Gasteiger partial charge is 0.366 e. The van der Waals surface area contributed by atoms with Crippen LogP contribution < -0.4 is 11.1 Å². The highest BCUT2D eigenvalue weighted by molar-refractivity contribution is 5.85. The molecule has 0 atom stereocenters. The number of halogens is 2. The Morgan fingerprint density at radius 3 is 2.59 bits per heavy atom. The van der Waals surface area contributed by atoms with Gasteiger partial charge < -0.3 is 11.1 Å². The van der Waals surface area contributed by atoms with E-state index in [0.29, 0.717) is 18.5 Å². The van der Waals surface area contributed by atoms with Crippen molar-refractivity contribution in [2.24, 2.45) is 5.73 Å². The van der Waals surface area contributed by atoms with Crippen LogP contribution in [0.5, 0.6) is 0 Å². The number of anilines is 1. The summed E-state index contributed by atoms with van der Waals surface area (Å²) in [5.74, 6) is 1.33. The van der Waals surface area contributed by atoms with Gasteiger partial charge in [-0.3, -0.25) is 4.68 Å². The lowest BCUT2D eigenvalue weighted by Crippen LogP contribution is -2.35. The maximum absolute atomic E-state index is 5.87. The molecule has 6 nitrogen and oxygen atoms in total. The van der Waals surface area contributed by atoms with Gasteiger partial charge in [0.2, 0.25) is 0 Å². The van der Waals surface area contributed by atoms with Gasteiger partial charge in [-0.2, -0.15) is 5.10 Å². The Morgan fingerprint density at radius 1 is 1.07 bits per heavy atom. The number of rotatable bonds is 6. The maximum Gasteiger partial charge on any atom is 0.129 e. The van der Waals surface area contributed by atoms with Crippen LogP contribution in [0, 0.1) is 0 Å². The Kier molecular flexibility index (Phi) is 7.59. The molecule has 0 saturated heterocycles. The standard InChI is InChI=1S/C19H22N6.2ClH/c20-17-6-16(7-17)18-8-19(23-13-22-18)21-9-15-10-24-25(12-15)11-14-4-2-1-3-5-14;;/h1-5,8,10,12-13,16-17H,6-7,9,11,20H2,(H,21,22,23);2*1H. The molecule has 2 aromatic heterocycles. The maximum atomic E-state index is 5.87. The summed E-state index contributed by atoms with van der Waals surface area (Å²) in [4.78, 5) is 8.69. The smallest absolute Gasteiger partial charge is 0.129 e. The summed E-state index contributed by atoms with van der Waals surface area (Å²) in [5.41, 5.74) is 9.32. The van der Waals surface area contributed by atoms with Crippen LogP contribution >= 0.6 is 24.8 Å². The molecule has 0 amide bonds. The molecular formula is C19H24Cl2N6. The molecule has 0 aliphatic heterocycles. The zero-order valence-electron chi connectivity index (χ0n) is 14.9. The molecule has 3 N–H and O–H groups in total. The van der Waals surface area contributed by atoms with E-state index < -0.39 is 0 Å². The molecule has 0 unspecified atom stereocenters. The molecule has 1 aliphatic rings. The monoisotopic (exact) mass is 406 g/mol. The van der Waals surface area contributed by atoms with Crippen molar-refractivity contribution in [3.8, 4) is 0 Å². The highest BCUT2D eigenvalue weighted by atomic mass is 35.5. The van der Waals surface area contributed by atoms with E-state index in [0.717, 1.165) is 36.5 Å². The molecule has 27 heavy (non-hydrogen) atoms. The normalized spacial score (nSPS) is 18.0. The predicted octanol–water partition coefficient (Wildman–Crippen LogP) is 3.38. The fourth-order valence-electron chi connectivity index (χ4n) is 3.14. The minimum absolute atomic E-state index is 0. The van der Waals surface area contributed by atoms with Crippen LogP contribution in [0.25, 0.3) is 0 Å². The van der Waals surface area contributed by atoms with Crippen LogP contribution in [0.1, 0.15) is 35.6 Å². The molecule has 144 valence electrons.